The average Bonchev–Trinajstić information content (AvgIpc) is 2.80. The first-order valence-corrected chi connectivity index (χ1v) is 7.14. The van der Waals surface area contributed by atoms with E-state index >= 15 is 0 Å². The van der Waals surface area contributed by atoms with Crippen molar-refractivity contribution in [1.29, 1.82) is 5.26 Å². The fourth-order valence-corrected chi connectivity index (χ4v) is 2.71. The van der Waals surface area contributed by atoms with E-state index in [-0.39, 0.29) is 0 Å². The van der Waals surface area contributed by atoms with Gasteiger partial charge < -0.3 is 10.8 Å². The Bertz CT molecular complexity index is 877. The van der Waals surface area contributed by atoms with Crippen LogP contribution in [-0.4, -0.2) is 21.1 Å². The molecular formula is C13H6Cl2F6N4O. The molecule has 0 saturated carbocycles. The van der Waals surface area contributed by atoms with Gasteiger partial charge in [-0.2, -0.15) is 36.7 Å². The summed E-state index contributed by atoms with van der Waals surface area (Å²) in [7, 11) is 0. The Morgan fingerprint density at radius 1 is 1.15 bits per heavy atom. The number of alkyl halides is 6. The summed E-state index contributed by atoms with van der Waals surface area (Å²) in [4.78, 5) is 0. The first-order valence-electron chi connectivity index (χ1n) is 6.39. The third kappa shape index (κ3) is 3.53. The quantitative estimate of drug-likeness (QED) is 0.713. The molecule has 0 saturated heterocycles. The van der Waals surface area contributed by atoms with E-state index in [4.69, 9.17) is 34.2 Å². The summed E-state index contributed by atoms with van der Waals surface area (Å²) in [5, 5.41) is 20.5. The fraction of sp³-hybridized carbons (Fsp3) is 0.231. The van der Waals surface area contributed by atoms with Gasteiger partial charge in [0.1, 0.15) is 17.6 Å². The van der Waals surface area contributed by atoms with Crippen LogP contribution in [0, 0.1) is 11.3 Å². The van der Waals surface area contributed by atoms with Crippen LogP contribution in [0.4, 0.5) is 32.2 Å². The molecule has 3 N–H and O–H groups in total. The molecule has 0 amide bonds. The van der Waals surface area contributed by atoms with E-state index in [0.717, 1.165) is 0 Å². The van der Waals surface area contributed by atoms with Gasteiger partial charge in [-0.15, -0.1) is 0 Å². The first-order chi connectivity index (χ1) is 11.8. The molecule has 5 nitrogen and oxygen atoms in total. The Kier molecular flexibility index (Phi) is 5.06. The van der Waals surface area contributed by atoms with E-state index in [0.29, 0.717) is 16.8 Å². The van der Waals surface area contributed by atoms with Gasteiger partial charge in [-0.25, -0.2) is 4.68 Å². The standard InChI is InChI=1S/C13H6Cl2F6N4O/c14-5-1-4(12(16,17)18)2-6(15)9(5)25-11(23)8(7(3-22)24-25)10(26)13(19,20)21/h1-2,10,26H,23H2. The maximum Gasteiger partial charge on any atom is 0.418 e. The second kappa shape index (κ2) is 6.53. The lowest BCUT2D eigenvalue weighted by atomic mass is 10.1. The number of aliphatic hydroxyl groups is 1. The van der Waals surface area contributed by atoms with Crippen LogP contribution >= 0.6 is 23.2 Å². The zero-order valence-electron chi connectivity index (χ0n) is 12.1. The van der Waals surface area contributed by atoms with Gasteiger partial charge in [0.05, 0.1) is 21.2 Å². The van der Waals surface area contributed by atoms with Gasteiger partial charge in [0.25, 0.3) is 0 Å². The molecule has 1 aromatic heterocycles. The molecule has 26 heavy (non-hydrogen) atoms. The van der Waals surface area contributed by atoms with E-state index in [1.54, 1.807) is 0 Å². The number of halogens is 8. The minimum absolute atomic E-state index is 0.466. The Morgan fingerprint density at radius 2 is 1.65 bits per heavy atom. The number of anilines is 1. The molecule has 0 aliphatic heterocycles. The van der Waals surface area contributed by atoms with Crippen LogP contribution in [0.5, 0.6) is 0 Å². The van der Waals surface area contributed by atoms with Crippen LogP contribution < -0.4 is 5.73 Å². The van der Waals surface area contributed by atoms with Crippen LogP contribution in [0.15, 0.2) is 12.1 Å². The summed E-state index contributed by atoms with van der Waals surface area (Å²) < 4.78 is 77.0. The van der Waals surface area contributed by atoms with Crippen LogP contribution in [0.1, 0.15) is 22.9 Å². The van der Waals surface area contributed by atoms with Gasteiger partial charge in [-0.3, -0.25) is 0 Å². The number of nitrogen functional groups attached to an aromatic ring is 1. The molecule has 0 aliphatic rings. The van der Waals surface area contributed by atoms with Crippen molar-refractivity contribution in [3.63, 3.8) is 0 Å². The number of rotatable bonds is 2. The second-order valence-corrected chi connectivity index (χ2v) is 5.72. The van der Waals surface area contributed by atoms with E-state index in [1.165, 1.54) is 6.07 Å². The van der Waals surface area contributed by atoms with E-state index < -0.39 is 56.8 Å². The largest absolute Gasteiger partial charge is 0.418 e. The summed E-state index contributed by atoms with van der Waals surface area (Å²) in [5.41, 5.74) is 1.88. The molecule has 13 heteroatoms. The molecule has 0 bridgehead atoms. The number of nitrogens with zero attached hydrogens (tertiary/aromatic N) is 3. The average molecular weight is 419 g/mol. The monoisotopic (exact) mass is 418 g/mol. The van der Waals surface area contributed by atoms with Crippen molar-refractivity contribution in [2.45, 2.75) is 18.5 Å². The number of nitriles is 1. The predicted octanol–water partition coefficient (Wildman–Crippen LogP) is 4.25. The predicted molar refractivity (Wildman–Crippen MR) is 78.7 cm³/mol. The van der Waals surface area contributed by atoms with Crippen LogP contribution in [0.25, 0.3) is 5.69 Å². The van der Waals surface area contributed by atoms with Crippen LogP contribution in [0.3, 0.4) is 0 Å². The minimum atomic E-state index is -5.17. The molecule has 0 aliphatic carbocycles. The maximum absolute atomic E-state index is 12.8. The molecule has 140 valence electrons. The lowest BCUT2D eigenvalue weighted by Gasteiger charge is -2.15. The van der Waals surface area contributed by atoms with Gasteiger partial charge in [-0.1, -0.05) is 23.2 Å². The number of benzene rings is 1. The molecular weight excluding hydrogens is 413 g/mol. The lowest BCUT2D eigenvalue weighted by molar-refractivity contribution is -0.206. The molecule has 1 aromatic carbocycles. The molecule has 2 aromatic rings. The lowest BCUT2D eigenvalue weighted by Crippen LogP contribution is -2.21. The van der Waals surface area contributed by atoms with Gasteiger partial charge in [-0.05, 0) is 12.1 Å². The van der Waals surface area contributed by atoms with Gasteiger partial charge in [0, 0.05) is 0 Å². The zero-order valence-corrected chi connectivity index (χ0v) is 13.6. The van der Waals surface area contributed by atoms with Crippen molar-refractivity contribution >= 4 is 29.0 Å². The van der Waals surface area contributed by atoms with E-state index in [1.807, 2.05) is 0 Å². The smallest absolute Gasteiger partial charge is 0.383 e. The van der Waals surface area contributed by atoms with Gasteiger partial charge in [0.2, 0.25) is 0 Å². The van der Waals surface area contributed by atoms with Gasteiger partial charge >= 0.3 is 12.4 Å². The Hall–Kier alpha value is -2.16. The summed E-state index contributed by atoms with van der Waals surface area (Å²) in [6, 6.07) is 2.25. The van der Waals surface area contributed by atoms with Gasteiger partial charge in [0.15, 0.2) is 11.8 Å². The minimum Gasteiger partial charge on any atom is -0.383 e. The number of nitrogens with two attached hydrogens (primary N) is 1. The maximum atomic E-state index is 12.8. The highest BCUT2D eigenvalue weighted by molar-refractivity contribution is 6.38. The number of hydrogen-bond donors (Lipinski definition) is 2. The molecule has 1 heterocycles. The fourth-order valence-electron chi connectivity index (χ4n) is 2.06. The first kappa shape index (κ1) is 20.2. The highest BCUT2D eigenvalue weighted by Gasteiger charge is 2.44. The van der Waals surface area contributed by atoms with Crippen LogP contribution in [0.2, 0.25) is 10.0 Å². The van der Waals surface area contributed by atoms with E-state index in [9.17, 15) is 31.4 Å². The van der Waals surface area contributed by atoms with Crippen molar-refractivity contribution in [2.75, 3.05) is 5.73 Å². The summed E-state index contributed by atoms with van der Waals surface area (Å²) in [5.74, 6) is -0.852. The number of hydrogen-bond acceptors (Lipinski definition) is 4. The number of aliphatic hydroxyl groups excluding tert-OH is 1. The van der Waals surface area contributed by atoms with Crippen molar-refractivity contribution in [3.8, 4) is 11.8 Å². The summed E-state index contributed by atoms with van der Waals surface area (Å²) in [6.07, 6.45) is -13.1. The zero-order chi connectivity index (χ0) is 20.0. The Balaban J connectivity index is 2.72. The normalized spacial score (nSPS) is 13.5. The SMILES string of the molecule is N#Cc1nn(-c2c(Cl)cc(C(F)(F)F)cc2Cl)c(N)c1C(O)C(F)(F)F. The molecule has 0 fully saturated rings. The van der Waals surface area contributed by atoms with Crippen molar-refractivity contribution in [3.05, 3.63) is 39.0 Å². The second-order valence-electron chi connectivity index (χ2n) is 4.90. The molecule has 0 spiro atoms. The van der Waals surface area contributed by atoms with Crippen LogP contribution in [-0.2, 0) is 6.18 Å². The molecule has 1 atom stereocenters. The third-order valence-electron chi connectivity index (χ3n) is 3.20. The van der Waals surface area contributed by atoms with Crippen molar-refractivity contribution in [1.82, 2.24) is 9.78 Å². The molecule has 2 rings (SSSR count). The summed E-state index contributed by atoms with van der Waals surface area (Å²) in [6.45, 7) is 0. The molecule has 1 unspecified atom stereocenters. The molecule has 0 radical (unpaired) electrons. The highest BCUT2D eigenvalue weighted by Crippen LogP contribution is 2.41. The third-order valence-corrected chi connectivity index (χ3v) is 3.78. The van der Waals surface area contributed by atoms with Crippen molar-refractivity contribution < 1.29 is 31.4 Å². The van der Waals surface area contributed by atoms with Crippen molar-refractivity contribution in [2.24, 2.45) is 0 Å². The Labute approximate surface area is 151 Å². The van der Waals surface area contributed by atoms with E-state index in [2.05, 4.69) is 5.10 Å². The highest BCUT2D eigenvalue weighted by atomic mass is 35.5. The Morgan fingerprint density at radius 3 is 2.04 bits per heavy atom. The summed E-state index contributed by atoms with van der Waals surface area (Å²) >= 11 is 11.5. The number of aromatic nitrogens is 2. The topological polar surface area (TPSA) is 87.9 Å².